The van der Waals surface area contributed by atoms with E-state index in [1.165, 1.54) is 0 Å². The van der Waals surface area contributed by atoms with Gasteiger partial charge in [-0.15, -0.1) is 0 Å². The highest BCUT2D eigenvalue weighted by atomic mass is 16.3. The molecule has 0 bridgehead atoms. The molecule has 2 aromatic rings. The first-order valence-electron chi connectivity index (χ1n) is 9.09. The van der Waals surface area contributed by atoms with Gasteiger partial charge in [0.1, 0.15) is 5.82 Å². The van der Waals surface area contributed by atoms with Crippen molar-refractivity contribution in [2.24, 2.45) is 7.05 Å². The smallest absolute Gasteiger partial charge is 0.220 e. The quantitative estimate of drug-likeness (QED) is 0.812. The molecule has 1 saturated heterocycles. The third-order valence-corrected chi connectivity index (χ3v) is 5.10. The van der Waals surface area contributed by atoms with Crippen molar-refractivity contribution < 1.29 is 9.90 Å². The van der Waals surface area contributed by atoms with Crippen LogP contribution >= 0.6 is 0 Å². The first kappa shape index (κ1) is 18.4. The van der Waals surface area contributed by atoms with Crippen LogP contribution in [0.25, 0.3) is 0 Å². The number of carbonyl (C=O) groups excluding carboxylic acids is 1. The number of piperidine rings is 1. The van der Waals surface area contributed by atoms with Gasteiger partial charge in [-0.05, 0) is 43.9 Å². The largest absolute Gasteiger partial charge is 0.386 e. The van der Waals surface area contributed by atoms with Crippen molar-refractivity contribution in [3.63, 3.8) is 0 Å². The number of nitrogens with zero attached hydrogens (tertiary/aromatic N) is 4. The first-order chi connectivity index (χ1) is 12.5. The molecule has 2 N–H and O–H groups in total. The number of nitrogens with one attached hydrogen (secondary N) is 1. The third kappa shape index (κ3) is 4.40. The minimum Gasteiger partial charge on any atom is -0.386 e. The lowest BCUT2D eigenvalue weighted by Crippen LogP contribution is -2.54. The Morgan fingerprint density at radius 3 is 2.96 bits per heavy atom. The van der Waals surface area contributed by atoms with Crippen LogP contribution in [0.2, 0.25) is 0 Å². The molecule has 7 heteroatoms. The Balaban J connectivity index is 1.49. The molecule has 0 saturated carbocycles. The van der Waals surface area contributed by atoms with Crippen LogP contribution in [0.1, 0.15) is 30.5 Å². The van der Waals surface area contributed by atoms with E-state index in [2.05, 4.69) is 20.3 Å². The van der Waals surface area contributed by atoms with Gasteiger partial charge in [-0.25, -0.2) is 4.98 Å². The Morgan fingerprint density at radius 1 is 1.42 bits per heavy atom. The van der Waals surface area contributed by atoms with Gasteiger partial charge in [0.05, 0.1) is 11.8 Å². The molecule has 140 valence electrons. The second-order valence-corrected chi connectivity index (χ2v) is 7.09. The highest BCUT2D eigenvalue weighted by Gasteiger charge is 2.34. The van der Waals surface area contributed by atoms with E-state index in [0.717, 1.165) is 30.0 Å². The fourth-order valence-corrected chi connectivity index (χ4v) is 3.38. The molecule has 1 amide bonds. The van der Waals surface area contributed by atoms with E-state index in [-0.39, 0.29) is 12.5 Å². The number of pyridine rings is 1. The average molecular weight is 357 g/mol. The fourth-order valence-electron chi connectivity index (χ4n) is 3.38. The fraction of sp³-hybridized carbons (Fsp3) is 0.526. The minimum atomic E-state index is -0.921. The van der Waals surface area contributed by atoms with E-state index in [1.807, 2.05) is 43.0 Å². The first-order valence-corrected chi connectivity index (χ1v) is 9.09. The topological polar surface area (TPSA) is 83.3 Å². The molecule has 1 fully saturated rings. The van der Waals surface area contributed by atoms with Gasteiger partial charge in [0, 0.05) is 45.0 Å². The summed E-state index contributed by atoms with van der Waals surface area (Å²) in [5.74, 6) is 0.820. The van der Waals surface area contributed by atoms with E-state index >= 15 is 0 Å². The Kier molecular flexibility index (Phi) is 5.56. The lowest BCUT2D eigenvalue weighted by atomic mass is 9.92. The van der Waals surface area contributed by atoms with Crippen LogP contribution in [0.5, 0.6) is 0 Å². The molecular weight excluding hydrogens is 330 g/mol. The lowest BCUT2D eigenvalue weighted by Gasteiger charge is -2.39. The molecule has 1 aliphatic rings. The predicted octanol–water partition coefficient (Wildman–Crippen LogP) is 1.20. The van der Waals surface area contributed by atoms with Crippen molar-refractivity contribution in [2.75, 3.05) is 24.5 Å². The van der Waals surface area contributed by atoms with Gasteiger partial charge < -0.3 is 15.3 Å². The summed E-state index contributed by atoms with van der Waals surface area (Å²) in [5, 5.41) is 18.0. The van der Waals surface area contributed by atoms with Crippen LogP contribution in [0.4, 0.5) is 5.82 Å². The van der Waals surface area contributed by atoms with Crippen LogP contribution in [0, 0.1) is 6.92 Å². The number of rotatable bonds is 6. The number of β-amino-alcohol motifs (C(OH)–C–C–N with tert-alkyl or cyclic N) is 1. The summed E-state index contributed by atoms with van der Waals surface area (Å²) >= 11 is 0. The monoisotopic (exact) mass is 357 g/mol. The molecule has 1 aliphatic heterocycles. The van der Waals surface area contributed by atoms with Crippen molar-refractivity contribution in [2.45, 2.75) is 38.2 Å². The maximum atomic E-state index is 12.2. The molecule has 3 heterocycles. The predicted molar refractivity (Wildman–Crippen MR) is 99.9 cm³/mol. The van der Waals surface area contributed by atoms with Gasteiger partial charge in [0.2, 0.25) is 5.91 Å². The summed E-state index contributed by atoms with van der Waals surface area (Å²) in [4.78, 5) is 18.6. The van der Waals surface area contributed by atoms with Gasteiger partial charge >= 0.3 is 0 Å². The molecule has 0 spiro atoms. The normalized spacial score (nSPS) is 20.2. The number of aromatic nitrogens is 3. The van der Waals surface area contributed by atoms with Crippen LogP contribution in [0.15, 0.2) is 30.6 Å². The van der Waals surface area contributed by atoms with Gasteiger partial charge in [-0.3, -0.25) is 9.48 Å². The summed E-state index contributed by atoms with van der Waals surface area (Å²) in [7, 11) is 1.89. The summed E-state index contributed by atoms with van der Waals surface area (Å²) in [6.45, 7) is 3.61. The van der Waals surface area contributed by atoms with Gasteiger partial charge in [-0.1, -0.05) is 6.07 Å². The molecule has 3 rings (SSSR count). The molecule has 26 heavy (non-hydrogen) atoms. The lowest BCUT2D eigenvalue weighted by molar-refractivity contribution is -0.122. The SMILES string of the molecule is Cc1c(CCC(=O)NC[C@]2(O)CCCN(c3ccccn3)C2)cnn1C. The summed E-state index contributed by atoms with van der Waals surface area (Å²) < 4.78 is 1.81. The van der Waals surface area contributed by atoms with E-state index in [0.29, 0.717) is 25.8 Å². The van der Waals surface area contributed by atoms with Crippen LogP contribution in [0.3, 0.4) is 0 Å². The van der Waals surface area contributed by atoms with Crippen LogP contribution in [-0.4, -0.2) is 51.0 Å². The number of anilines is 1. The van der Waals surface area contributed by atoms with E-state index in [9.17, 15) is 9.90 Å². The molecule has 2 aromatic heterocycles. The molecule has 7 nitrogen and oxygen atoms in total. The highest BCUT2D eigenvalue weighted by Crippen LogP contribution is 2.24. The van der Waals surface area contributed by atoms with Crippen molar-refractivity contribution in [1.82, 2.24) is 20.1 Å². The Labute approximate surface area is 154 Å². The summed E-state index contributed by atoms with van der Waals surface area (Å²) in [5.41, 5.74) is 1.24. The van der Waals surface area contributed by atoms with Gasteiger partial charge in [0.25, 0.3) is 0 Å². The van der Waals surface area contributed by atoms with Crippen molar-refractivity contribution in [3.8, 4) is 0 Å². The Bertz CT molecular complexity index is 746. The van der Waals surface area contributed by atoms with Crippen LogP contribution < -0.4 is 10.2 Å². The number of aryl methyl sites for hydroxylation is 2. The number of hydrogen-bond acceptors (Lipinski definition) is 5. The summed E-state index contributed by atoms with van der Waals surface area (Å²) in [6.07, 6.45) is 6.17. The number of amides is 1. The average Bonchev–Trinajstić information content (AvgIpc) is 2.97. The van der Waals surface area contributed by atoms with Crippen molar-refractivity contribution >= 4 is 11.7 Å². The van der Waals surface area contributed by atoms with E-state index in [4.69, 9.17) is 0 Å². The number of hydrogen-bond donors (Lipinski definition) is 2. The highest BCUT2D eigenvalue weighted by molar-refractivity contribution is 5.76. The Morgan fingerprint density at radius 2 is 2.27 bits per heavy atom. The van der Waals surface area contributed by atoms with E-state index in [1.54, 1.807) is 6.20 Å². The van der Waals surface area contributed by atoms with Gasteiger partial charge in [0.15, 0.2) is 0 Å². The van der Waals surface area contributed by atoms with Crippen LogP contribution in [-0.2, 0) is 18.3 Å². The minimum absolute atomic E-state index is 0.0448. The Hall–Kier alpha value is -2.41. The van der Waals surface area contributed by atoms with Crippen molar-refractivity contribution in [1.29, 1.82) is 0 Å². The maximum Gasteiger partial charge on any atom is 0.220 e. The third-order valence-electron chi connectivity index (χ3n) is 5.10. The molecule has 0 radical (unpaired) electrons. The van der Waals surface area contributed by atoms with Crippen molar-refractivity contribution in [3.05, 3.63) is 41.9 Å². The molecular formula is C19H27N5O2. The number of carbonyl (C=O) groups is 1. The number of aliphatic hydroxyl groups is 1. The summed E-state index contributed by atoms with van der Waals surface area (Å²) in [6, 6.07) is 5.77. The molecule has 0 unspecified atom stereocenters. The molecule has 0 aromatic carbocycles. The zero-order valence-electron chi connectivity index (χ0n) is 15.5. The maximum absolute atomic E-state index is 12.2. The zero-order valence-corrected chi connectivity index (χ0v) is 15.5. The second kappa shape index (κ2) is 7.86. The standard InChI is InChI=1S/C19H27N5O2/c1-15-16(12-22-23(15)2)7-8-18(25)21-13-19(26)9-5-11-24(14-19)17-6-3-4-10-20-17/h3-4,6,10,12,26H,5,7-9,11,13-14H2,1-2H3,(H,21,25)/t19-/m1/s1. The molecule has 0 aliphatic carbocycles. The van der Waals surface area contributed by atoms with Gasteiger partial charge in [-0.2, -0.15) is 5.10 Å². The second-order valence-electron chi connectivity index (χ2n) is 7.09. The zero-order chi connectivity index (χ0) is 18.6. The molecule has 1 atom stereocenters. The van der Waals surface area contributed by atoms with E-state index < -0.39 is 5.60 Å².